The second-order valence-corrected chi connectivity index (χ2v) is 7.49. The van der Waals surface area contributed by atoms with Crippen LogP contribution in [0, 0.1) is 5.92 Å². The molecule has 0 bridgehead atoms. The molecule has 0 spiro atoms. The minimum Gasteiger partial charge on any atom is -0.382 e. The number of nitrogens with one attached hydrogen (secondary N) is 1. The fourth-order valence-corrected chi connectivity index (χ4v) is 3.55. The Labute approximate surface area is 131 Å². The summed E-state index contributed by atoms with van der Waals surface area (Å²) in [6.07, 6.45) is 7.06. The molecule has 0 radical (unpaired) electrons. The lowest BCUT2D eigenvalue weighted by atomic mass is 9.84. The Kier molecular flexibility index (Phi) is 5.72. The van der Waals surface area contributed by atoms with Crippen LogP contribution in [0.15, 0.2) is 18.2 Å². The Bertz CT molecular complexity index is 441. The SMILES string of the molecule is CC(C)c1ccc(NC(C)C2CCCCC2)c(C(C)C)c1. The van der Waals surface area contributed by atoms with E-state index in [1.165, 1.54) is 48.9 Å². The van der Waals surface area contributed by atoms with Crippen LogP contribution < -0.4 is 5.32 Å². The first-order valence-corrected chi connectivity index (χ1v) is 8.89. The Hall–Kier alpha value is -0.980. The summed E-state index contributed by atoms with van der Waals surface area (Å²) in [5.74, 6) is 2.03. The molecule has 1 nitrogen and oxygen atoms in total. The average molecular weight is 287 g/mol. The van der Waals surface area contributed by atoms with Gasteiger partial charge in [-0.05, 0) is 54.7 Å². The van der Waals surface area contributed by atoms with Gasteiger partial charge in [-0.25, -0.2) is 0 Å². The van der Waals surface area contributed by atoms with E-state index in [4.69, 9.17) is 0 Å². The largest absolute Gasteiger partial charge is 0.382 e. The quantitative estimate of drug-likeness (QED) is 0.668. The zero-order valence-corrected chi connectivity index (χ0v) is 14.6. The van der Waals surface area contributed by atoms with E-state index in [0.29, 0.717) is 17.9 Å². The van der Waals surface area contributed by atoms with Crippen molar-refractivity contribution in [2.45, 2.75) is 84.6 Å². The first-order chi connectivity index (χ1) is 9.99. The maximum Gasteiger partial charge on any atom is 0.0377 e. The average Bonchev–Trinajstić information content (AvgIpc) is 2.48. The summed E-state index contributed by atoms with van der Waals surface area (Å²) in [4.78, 5) is 0. The van der Waals surface area contributed by atoms with Gasteiger partial charge in [0.15, 0.2) is 0 Å². The maximum atomic E-state index is 3.83. The molecule has 0 aliphatic heterocycles. The van der Waals surface area contributed by atoms with Gasteiger partial charge in [-0.15, -0.1) is 0 Å². The van der Waals surface area contributed by atoms with E-state index in [-0.39, 0.29) is 0 Å². The number of rotatable bonds is 5. The van der Waals surface area contributed by atoms with Gasteiger partial charge < -0.3 is 5.32 Å². The summed E-state index contributed by atoms with van der Waals surface area (Å²) in [7, 11) is 0. The highest BCUT2D eigenvalue weighted by Gasteiger charge is 2.21. The molecule has 1 fully saturated rings. The van der Waals surface area contributed by atoms with Crippen LogP contribution in [0.4, 0.5) is 5.69 Å². The van der Waals surface area contributed by atoms with Crippen molar-refractivity contribution in [1.29, 1.82) is 0 Å². The molecule has 0 heterocycles. The summed E-state index contributed by atoms with van der Waals surface area (Å²) in [6.45, 7) is 11.5. The van der Waals surface area contributed by atoms with E-state index < -0.39 is 0 Å². The third kappa shape index (κ3) is 4.25. The molecular weight excluding hydrogens is 254 g/mol. The van der Waals surface area contributed by atoms with Crippen molar-refractivity contribution in [1.82, 2.24) is 0 Å². The topological polar surface area (TPSA) is 12.0 Å². The van der Waals surface area contributed by atoms with Crippen molar-refractivity contribution in [3.05, 3.63) is 29.3 Å². The molecule has 1 N–H and O–H groups in total. The Morgan fingerprint density at radius 1 is 0.905 bits per heavy atom. The number of hydrogen-bond acceptors (Lipinski definition) is 1. The van der Waals surface area contributed by atoms with Crippen LogP contribution in [0.25, 0.3) is 0 Å². The highest BCUT2D eigenvalue weighted by molar-refractivity contribution is 5.55. The van der Waals surface area contributed by atoms with Crippen LogP contribution in [0.3, 0.4) is 0 Å². The monoisotopic (exact) mass is 287 g/mol. The first kappa shape index (κ1) is 16.4. The molecule has 1 aromatic carbocycles. The molecule has 0 aromatic heterocycles. The third-order valence-corrected chi connectivity index (χ3v) is 5.10. The lowest BCUT2D eigenvalue weighted by molar-refractivity contribution is 0.328. The molecule has 2 rings (SSSR count). The Balaban J connectivity index is 2.14. The summed E-state index contributed by atoms with van der Waals surface area (Å²) in [6, 6.07) is 7.61. The van der Waals surface area contributed by atoms with Gasteiger partial charge in [-0.2, -0.15) is 0 Å². The van der Waals surface area contributed by atoms with Gasteiger partial charge in [-0.3, -0.25) is 0 Å². The lowest BCUT2D eigenvalue weighted by Gasteiger charge is -2.30. The van der Waals surface area contributed by atoms with E-state index >= 15 is 0 Å². The van der Waals surface area contributed by atoms with Crippen molar-refractivity contribution < 1.29 is 0 Å². The molecule has 0 amide bonds. The number of hydrogen-bond donors (Lipinski definition) is 1. The molecule has 1 aromatic rings. The molecule has 0 saturated heterocycles. The van der Waals surface area contributed by atoms with E-state index in [2.05, 4.69) is 58.1 Å². The molecule has 118 valence electrons. The van der Waals surface area contributed by atoms with Gasteiger partial charge in [0.1, 0.15) is 0 Å². The second-order valence-electron chi connectivity index (χ2n) is 7.49. The molecule has 1 aliphatic carbocycles. The van der Waals surface area contributed by atoms with E-state index in [0.717, 1.165) is 5.92 Å². The minimum atomic E-state index is 0.574. The number of anilines is 1. The predicted octanol–water partition coefficient (Wildman–Crippen LogP) is 6.31. The zero-order valence-electron chi connectivity index (χ0n) is 14.6. The number of benzene rings is 1. The second kappa shape index (κ2) is 7.33. The van der Waals surface area contributed by atoms with Crippen LogP contribution in [-0.4, -0.2) is 6.04 Å². The van der Waals surface area contributed by atoms with Crippen molar-refractivity contribution in [3.63, 3.8) is 0 Å². The van der Waals surface area contributed by atoms with Crippen molar-refractivity contribution in [2.75, 3.05) is 5.32 Å². The van der Waals surface area contributed by atoms with Gasteiger partial charge in [0.2, 0.25) is 0 Å². The van der Waals surface area contributed by atoms with Crippen molar-refractivity contribution >= 4 is 5.69 Å². The van der Waals surface area contributed by atoms with Gasteiger partial charge in [-0.1, -0.05) is 59.1 Å². The van der Waals surface area contributed by atoms with Crippen molar-refractivity contribution in [2.24, 2.45) is 5.92 Å². The maximum absolute atomic E-state index is 3.83. The van der Waals surface area contributed by atoms with Crippen molar-refractivity contribution in [3.8, 4) is 0 Å². The highest BCUT2D eigenvalue weighted by atomic mass is 14.9. The minimum absolute atomic E-state index is 0.574. The fourth-order valence-electron chi connectivity index (χ4n) is 3.55. The van der Waals surface area contributed by atoms with Crippen LogP contribution in [0.1, 0.15) is 89.7 Å². The van der Waals surface area contributed by atoms with Gasteiger partial charge in [0, 0.05) is 11.7 Å². The summed E-state index contributed by atoms with van der Waals surface area (Å²) >= 11 is 0. The standard InChI is InChI=1S/C20H33N/c1-14(2)18-11-12-20(19(13-18)15(3)4)21-16(5)17-9-7-6-8-10-17/h11-17,21H,6-10H2,1-5H3. The fraction of sp³-hybridized carbons (Fsp3) is 0.700. The first-order valence-electron chi connectivity index (χ1n) is 8.89. The molecule has 1 unspecified atom stereocenters. The van der Waals surface area contributed by atoms with Gasteiger partial charge >= 0.3 is 0 Å². The van der Waals surface area contributed by atoms with E-state index in [1.54, 1.807) is 0 Å². The molecular formula is C20H33N. The highest BCUT2D eigenvalue weighted by Crippen LogP contribution is 2.32. The summed E-state index contributed by atoms with van der Waals surface area (Å²) in [5, 5.41) is 3.83. The Morgan fingerprint density at radius 2 is 1.57 bits per heavy atom. The van der Waals surface area contributed by atoms with E-state index in [9.17, 15) is 0 Å². The van der Waals surface area contributed by atoms with Crippen LogP contribution >= 0.6 is 0 Å². The molecule has 1 aliphatic rings. The van der Waals surface area contributed by atoms with Gasteiger partial charge in [0.05, 0.1) is 0 Å². The summed E-state index contributed by atoms with van der Waals surface area (Å²) in [5.41, 5.74) is 4.28. The lowest BCUT2D eigenvalue weighted by Crippen LogP contribution is -2.28. The molecule has 21 heavy (non-hydrogen) atoms. The van der Waals surface area contributed by atoms with Gasteiger partial charge in [0.25, 0.3) is 0 Å². The van der Waals surface area contributed by atoms with Crippen LogP contribution in [0.5, 0.6) is 0 Å². The molecule has 1 saturated carbocycles. The Morgan fingerprint density at radius 3 is 2.14 bits per heavy atom. The van der Waals surface area contributed by atoms with E-state index in [1.807, 2.05) is 0 Å². The van der Waals surface area contributed by atoms with Crippen LogP contribution in [0.2, 0.25) is 0 Å². The molecule has 1 atom stereocenters. The van der Waals surface area contributed by atoms with Crippen LogP contribution in [-0.2, 0) is 0 Å². The third-order valence-electron chi connectivity index (χ3n) is 5.10. The zero-order chi connectivity index (χ0) is 15.4. The normalized spacial score (nSPS) is 18.2. The summed E-state index contributed by atoms with van der Waals surface area (Å²) < 4.78 is 0. The predicted molar refractivity (Wildman–Crippen MR) is 94.3 cm³/mol. The smallest absolute Gasteiger partial charge is 0.0377 e. The molecule has 1 heteroatoms.